The molecule has 0 aliphatic rings. The lowest BCUT2D eigenvalue weighted by atomic mass is 10.1. The lowest BCUT2D eigenvalue weighted by Gasteiger charge is -2.08. The van der Waals surface area contributed by atoms with Crippen molar-refractivity contribution in [3.63, 3.8) is 0 Å². The molecule has 0 heterocycles. The summed E-state index contributed by atoms with van der Waals surface area (Å²) in [5.74, 6) is -0.289. The Balaban J connectivity index is 1.37. The van der Waals surface area contributed by atoms with Gasteiger partial charge in [-0.15, -0.1) is 0 Å². The largest absolute Gasteiger partial charge is 0.508 e. The second-order valence-corrected chi connectivity index (χ2v) is 7.01. The summed E-state index contributed by atoms with van der Waals surface area (Å²) < 4.78 is 20.8. The van der Waals surface area contributed by atoms with Crippen molar-refractivity contribution >= 4 is 11.9 Å². The van der Waals surface area contributed by atoms with Gasteiger partial charge in [0.05, 0.1) is 26.4 Å². The number of carbonyl (C=O) groups is 2. The molecule has 0 atom stereocenters. The molecule has 0 aliphatic carbocycles. The number of phenols is 2. The van der Waals surface area contributed by atoms with Gasteiger partial charge in [0.25, 0.3) is 0 Å². The van der Waals surface area contributed by atoms with Crippen LogP contribution < -0.4 is 0 Å². The smallest absolute Gasteiger partial charge is 0.306 e. The van der Waals surface area contributed by atoms with Crippen molar-refractivity contribution < 1.29 is 38.7 Å². The van der Waals surface area contributed by atoms with Crippen molar-refractivity contribution in [2.45, 2.75) is 25.7 Å². The third-order valence-electron chi connectivity index (χ3n) is 4.41. The number of esters is 2. The first-order valence-corrected chi connectivity index (χ1v) is 10.6. The van der Waals surface area contributed by atoms with Crippen LogP contribution in [0.1, 0.15) is 24.0 Å². The molecule has 2 rings (SSSR count). The van der Waals surface area contributed by atoms with Crippen LogP contribution in [0.25, 0.3) is 0 Å². The molecular formula is C24H30O8. The van der Waals surface area contributed by atoms with E-state index in [9.17, 15) is 19.8 Å². The molecule has 32 heavy (non-hydrogen) atoms. The van der Waals surface area contributed by atoms with E-state index in [2.05, 4.69) is 0 Å². The predicted molar refractivity (Wildman–Crippen MR) is 116 cm³/mol. The molecule has 8 nitrogen and oxygen atoms in total. The highest BCUT2D eigenvalue weighted by atomic mass is 16.6. The first kappa shape index (κ1) is 25.2. The Hall–Kier alpha value is -3.10. The first-order valence-electron chi connectivity index (χ1n) is 10.6. The molecule has 0 amide bonds. The molecule has 0 fully saturated rings. The second kappa shape index (κ2) is 14.8. The van der Waals surface area contributed by atoms with E-state index in [0.717, 1.165) is 11.1 Å². The van der Waals surface area contributed by atoms with Crippen molar-refractivity contribution in [2.24, 2.45) is 0 Å². The van der Waals surface area contributed by atoms with Crippen molar-refractivity contribution in [1.29, 1.82) is 0 Å². The van der Waals surface area contributed by atoms with E-state index in [0.29, 0.717) is 26.1 Å². The van der Waals surface area contributed by atoms with E-state index in [1.165, 1.54) is 0 Å². The maximum Gasteiger partial charge on any atom is 0.306 e. The summed E-state index contributed by atoms with van der Waals surface area (Å²) in [4.78, 5) is 23.4. The molecule has 2 aromatic carbocycles. The summed E-state index contributed by atoms with van der Waals surface area (Å²) in [5, 5.41) is 18.8. The summed E-state index contributed by atoms with van der Waals surface area (Å²) in [5.41, 5.74) is 1.75. The third-order valence-corrected chi connectivity index (χ3v) is 4.41. The lowest BCUT2D eigenvalue weighted by Crippen LogP contribution is -2.15. The minimum Gasteiger partial charge on any atom is -0.508 e. The number of hydrogen-bond acceptors (Lipinski definition) is 8. The van der Waals surface area contributed by atoms with Crippen LogP contribution in [-0.2, 0) is 41.4 Å². The number of hydrogen-bond donors (Lipinski definition) is 2. The lowest BCUT2D eigenvalue weighted by molar-refractivity contribution is -0.146. The molecule has 0 aromatic heterocycles. The van der Waals surface area contributed by atoms with Gasteiger partial charge in [-0.1, -0.05) is 24.3 Å². The van der Waals surface area contributed by atoms with Crippen molar-refractivity contribution in [3.05, 3.63) is 59.7 Å². The molecule has 0 spiro atoms. The number of phenolic OH excluding ortho intramolecular Hbond substituents is 2. The average Bonchev–Trinajstić information content (AvgIpc) is 2.77. The molecule has 0 radical (unpaired) electrons. The Morgan fingerprint density at radius 1 is 0.625 bits per heavy atom. The van der Waals surface area contributed by atoms with Crippen LogP contribution in [0.3, 0.4) is 0 Å². The number of ether oxygens (including phenoxy) is 4. The Bertz CT molecular complexity index is 767. The fourth-order valence-electron chi connectivity index (χ4n) is 2.81. The predicted octanol–water partition coefficient (Wildman–Crippen LogP) is 2.78. The molecule has 0 aliphatic heterocycles. The van der Waals surface area contributed by atoms with Gasteiger partial charge in [-0.2, -0.15) is 0 Å². The van der Waals surface area contributed by atoms with E-state index < -0.39 is 0 Å². The monoisotopic (exact) mass is 446 g/mol. The standard InChI is InChI=1S/C24H30O8/c25-21-5-1-3-19(17-21)7-9-23(27)31-15-13-29-11-12-30-14-16-32-24(28)10-8-20-4-2-6-22(26)18-20/h1-6,17-18,25-26H,7-16H2. The Labute approximate surface area is 187 Å². The van der Waals surface area contributed by atoms with Crippen LogP contribution in [0.5, 0.6) is 11.5 Å². The fraction of sp³-hybridized carbons (Fsp3) is 0.417. The molecule has 0 unspecified atom stereocenters. The normalized spacial score (nSPS) is 10.6. The van der Waals surface area contributed by atoms with Gasteiger partial charge >= 0.3 is 11.9 Å². The van der Waals surface area contributed by atoms with E-state index in [1.54, 1.807) is 36.4 Å². The number of aryl methyl sites for hydroxylation is 2. The average molecular weight is 446 g/mol. The number of aromatic hydroxyl groups is 2. The zero-order valence-electron chi connectivity index (χ0n) is 18.0. The van der Waals surface area contributed by atoms with Gasteiger partial charge in [0.2, 0.25) is 0 Å². The molecule has 0 saturated heterocycles. The van der Waals surface area contributed by atoms with E-state index in [4.69, 9.17) is 18.9 Å². The van der Waals surface area contributed by atoms with Crippen molar-refractivity contribution in [1.82, 2.24) is 0 Å². The third kappa shape index (κ3) is 11.3. The van der Waals surface area contributed by atoms with E-state index in [-0.39, 0.29) is 62.7 Å². The number of carbonyl (C=O) groups excluding carboxylic acids is 2. The van der Waals surface area contributed by atoms with Gasteiger partial charge in [0.15, 0.2) is 0 Å². The molecule has 2 N–H and O–H groups in total. The molecule has 2 aromatic rings. The van der Waals surface area contributed by atoms with Crippen LogP contribution in [0.4, 0.5) is 0 Å². The SMILES string of the molecule is O=C(CCc1cccc(O)c1)OCCOCCOCCOC(=O)CCc1cccc(O)c1. The van der Waals surface area contributed by atoms with Crippen LogP contribution >= 0.6 is 0 Å². The summed E-state index contributed by atoms with van der Waals surface area (Å²) in [6.45, 7) is 1.54. The highest BCUT2D eigenvalue weighted by molar-refractivity contribution is 5.70. The summed E-state index contributed by atoms with van der Waals surface area (Å²) >= 11 is 0. The van der Waals surface area contributed by atoms with Gasteiger partial charge in [0, 0.05) is 12.8 Å². The van der Waals surface area contributed by atoms with Crippen LogP contribution in [-0.4, -0.2) is 61.8 Å². The van der Waals surface area contributed by atoms with Crippen molar-refractivity contribution in [3.8, 4) is 11.5 Å². The number of rotatable bonds is 15. The van der Waals surface area contributed by atoms with Crippen LogP contribution in [0, 0.1) is 0 Å². The molecule has 8 heteroatoms. The zero-order valence-corrected chi connectivity index (χ0v) is 18.0. The highest BCUT2D eigenvalue weighted by Gasteiger charge is 2.05. The summed E-state index contributed by atoms with van der Waals surface area (Å²) in [7, 11) is 0. The molecule has 0 bridgehead atoms. The summed E-state index contributed by atoms with van der Waals surface area (Å²) in [6, 6.07) is 13.5. The van der Waals surface area contributed by atoms with Gasteiger partial charge in [0.1, 0.15) is 24.7 Å². The summed E-state index contributed by atoms with van der Waals surface area (Å²) in [6.07, 6.45) is 1.48. The maximum absolute atomic E-state index is 11.7. The van der Waals surface area contributed by atoms with Crippen LogP contribution in [0.15, 0.2) is 48.5 Å². The Morgan fingerprint density at radius 3 is 1.44 bits per heavy atom. The molecule has 0 saturated carbocycles. The van der Waals surface area contributed by atoms with Crippen LogP contribution in [0.2, 0.25) is 0 Å². The quantitative estimate of drug-likeness (QED) is 0.317. The van der Waals surface area contributed by atoms with E-state index in [1.807, 2.05) is 12.1 Å². The topological polar surface area (TPSA) is 112 Å². The minimum atomic E-state index is -0.320. The fourth-order valence-corrected chi connectivity index (χ4v) is 2.81. The van der Waals surface area contributed by atoms with E-state index >= 15 is 0 Å². The van der Waals surface area contributed by atoms with Gasteiger partial charge in [-0.05, 0) is 48.2 Å². The highest BCUT2D eigenvalue weighted by Crippen LogP contribution is 2.13. The van der Waals surface area contributed by atoms with Gasteiger partial charge in [-0.3, -0.25) is 9.59 Å². The second-order valence-electron chi connectivity index (χ2n) is 7.01. The molecular weight excluding hydrogens is 416 g/mol. The number of benzene rings is 2. The zero-order chi connectivity index (χ0) is 23.0. The first-order chi connectivity index (χ1) is 15.5. The maximum atomic E-state index is 11.7. The van der Waals surface area contributed by atoms with Crippen molar-refractivity contribution in [2.75, 3.05) is 39.6 Å². The Kier molecular flexibility index (Phi) is 11.7. The van der Waals surface area contributed by atoms with Gasteiger partial charge < -0.3 is 29.2 Å². The molecule has 174 valence electrons. The Morgan fingerprint density at radius 2 is 1.03 bits per heavy atom. The van der Waals surface area contributed by atoms with Gasteiger partial charge in [-0.25, -0.2) is 0 Å². The minimum absolute atomic E-state index is 0.162.